The molecule has 2 saturated heterocycles. The van der Waals surface area contributed by atoms with E-state index in [0.717, 1.165) is 33.4 Å². The van der Waals surface area contributed by atoms with Crippen LogP contribution >= 0.6 is 0 Å². The molecule has 2 fully saturated rings. The van der Waals surface area contributed by atoms with Crippen LogP contribution in [-0.4, -0.2) is 86.6 Å². The molecule has 13 heteroatoms. The number of hydrogen-bond acceptors (Lipinski definition) is 12. The zero-order valence-electron chi connectivity index (χ0n) is 38.1. The molecule has 0 N–H and O–H groups in total. The highest BCUT2D eigenvalue weighted by atomic mass is 16.8. The lowest BCUT2D eigenvalue weighted by atomic mass is 9.95. The number of ether oxygens (including phenoxy) is 10. The highest BCUT2D eigenvalue weighted by molar-refractivity contribution is 5.18. The molecule has 8 rings (SSSR count). The van der Waals surface area contributed by atoms with Crippen molar-refractivity contribution in [1.29, 1.82) is 0 Å². The third kappa shape index (κ3) is 13.7. The van der Waals surface area contributed by atoms with Gasteiger partial charge in [0.15, 0.2) is 12.4 Å². The maximum atomic E-state index is 13.7. The van der Waals surface area contributed by atoms with E-state index in [4.69, 9.17) is 47.4 Å². The van der Waals surface area contributed by atoms with E-state index >= 15 is 0 Å². The van der Waals surface area contributed by atoms with Crippen LogP contribution in [0.5, 0.6) is 0 Å². The lowest BCUT2D eigenvalue weighted by Gasteiger charge is -2.48. The highest BCUT2D eigenvalue weighted by Gasteiger charge is 2.58. The molecule has 0 spiro atoms. The average molecular weight is 926 g/mol. The smallest absolute Gasteiger partial charge is 0.291 e. The Morgan fingerprint density at radius 3 is 1.12 bits per heavy atom. The van der Waals surface area contributed by atoms with Gasteiger partial charge < -0.3 is 47.4 Å². The molecule has 13 nitrogen and oxygen atoms in total. The molecule has 0 saturated carbocycles. The largest absolute Gasteiger partial charge is 0.374 e. The van der Waals surface area contributed by atoms with Gasteiger partial charge in [-0.1, -0.05) is 182 Å². The van der Waals surface area contributed by atoms with Gasteiger partial charge in [0.05, 0.1) is 52.9 Å². The third-order valence-corrected chi connectivity index (χ3v) is 11.9. The molecule has 356 valence electrons. The van der Waals surface area contributed by atoms with Crippen molar-refractivity contribution in [2.45, 2.75) is 101 Å². The van der Waals surface area contributed by atoms with Gasteiger partial charge in [0.2, 0.25) is 6.29 Å². The molecular formula is C55H59NO12. The fourth-order valence-electron chi connectivity index (χ4n) is 8.44. The van der Waals surface area contributed by atoms with Crippen molar-refractivity contribution in [3.05, 3.63) is 225 Å². The Labute approximate surface area is 397 Å². The maximum Gasteiger partial charge on any atom is 0.291 e. The van der Waals surface area contributed by atoms with Gasteiger partial charge in [-0.25, -0.2) is 0 Å². The van der Waals surface area contributed by atoms with E-state index < -0.39 is 66.3 Å². The summed E-state index contributed by atoms with van der Waals surface area (Å²) in [5.41, 5.74) is 5.41. The minimum atomic E-state index is -1.60. The van der Waals surface area contributed by atoms with Crippen LogP contribution in [0, 0.1) is 10.1 Å². The molecule has 0 amide bonds. The van der Waals surface area contributed by atoms with E-state index in [1.165, 1.54) is 7.11 Å². The van der Waals surface area contributed by atoms with Crippen LogP contribution in [0.1, 0.15) is 33.4 Å². The summed E-state index contributed by atoms with van der Waals surface area (Å²) in [5, 5.41) is 13.7. The molecule has 68 heavy (non-hydrogen) atoms. The lowest BCUT2D eigenvalue weighted by molar-refractivity contribution is -0.580. The summed E-state index contributed by atoms with van der Waals surface area (Å²) in [6.45, 7) is 1.07. The van der Waals surface area contributed by atoms with Gasteiger partial charge in [0.25, 0.3) is 6.04 Å². The van der Waals surface area contributed by atoms with Crippen LogP contribution < -0.4 is 0 Å². The van der Waals surface area contributed by atoms with E-state index in [0.29, 0.717) is 0 Å². The zero-order chi connectivity index (χ0) is 46.8. The first kappa shape index (κ1) is 48.8. The van der Waals surface area contributed by atoms with E-state index in [2.05, 4.69) is 0 Å². The second-order valence-corrected chi connectivity index (χ2v) is 16.7. The van der Waals surface area contributed by atoms with Crippen LogP contribution in [-0.2, 0) is 87.0 Å². The minimum absolute atomic E-state index is 0.00286. The van der Waals surface area contributed by atoms with Crippen LogP contribution in [0.25, 0.3) is 0 Å². The summed E-state index contributed by atoms with van der Waals surface area (Å²) in [6, 6.07) is 56.5. The van der Waals surface area contributed by atoms with E-state index in [9.17, 15) is 10.1 Å². The van der Waals surface area contributed by atoms with Gasteiger partial charge in [0.1, 0.15) is 36.6 Å². The zero-order valence-corrected chi connectivity index (χ0v) is 38.1. The molecule has 0 aromatic heterocycles. The Bertz CT molecular complexity index is 2330. The molecule has 2 heterocycles. The monoisotopic (exact) mass is 925 g/mol. The Hall–Kier alpha value is -5.68. The molecule has 0 aliphatic carbocycles. The van der Waals surface area contributed by atoms with Gasteiger partial charge in [-0.3, -0.25) is 10.1 Å². The summed E-state index contributed by atoms with van der Waals surface area (Å²) in [4.78, 5) is 13.3. The molecular weight excluding hydrogens is 867 g/mol. The first-order valence-electron chi connectivity index (χ1n) is 23.0. The summed E-state index contributed by atoms with van der Waals surface area (Å²) in [5.74, 6) is 0. The Kier molecular flexibility index (Phi) is 18.4. The summed E-state index contributed by atoms with van der Waals surface area (Å²) in [7, 11) is 1.54. The Balaban J connectivity index is 1.16. The van der Waals surface area contributed by atoms with Gasteiger partial charge in [-0.15, -0.1) is 0 Å². The fraction of sp³-hybridized carbons (Fsp3) is 0.345. The number of hydrogen-bond donors (Lipinski definition) is 0. The Morgan fingerprint density at radius 2 is 0.735 bits per heavy atom. The lowest BCUT2D eigenvalue weighted by Crippen LogP contribution is -2.67. The van der Waals surface area contributed by atoms with Crippen molar-refractivity contribution in [1.82, 2.24) is 0 Å². The number of benzene rings is 6. The summed E-state index contributed by atoms with van der Waals surface area (Å²) < 4.78 is 66.1. The highest BCUT2D eigenvalue weighted by Crippen LogP contribution is 2.36. The average Bonchev–Trinajstić information content (AvgIpc) is 3.38. The van der Waals surface area contributed by atoms with Crippen LogP contribution in [0.2, 0.25) is 0 Å². The van der Waals surface area contributed by atoms with E-state index in [1.54, 1.807) is 0 Å². The summed E-state index contributed by atoms with van der Waals surface area (Å²) in [6.07, 6.45) is -9.30. The van der Waals surface area contributed by atoms with Crippen molar-refractivity contribution >= 4 is 0 Å². The number of nitrogens with zero attached hydrogens (tertiary/aromatic N) is 1. The fourth-order valence-corrected chi connectivity index (χ4v) is 8.44. The minimum Gasteiger partial charge on any atom is -0.374 e. The first-order valence-corrected chi connectivity index (χ1v) is 23.0. The van der Waals surface area contributed by atoms with Crippen LogP contribution in [0.15, 0.2) is 182 Å². The molecule has 6 aromatic rings. The number of rotatable bonds is 24. The third-order valence-electron chi connectivity index (χ3n) is 11.9. The second kappa shape index (κ2) is 25.6. The van der Waals surface area contributed by atoms with E-state index in [-0.39, 0.29) is 52.9 Å². The predicted molar refractivity (Wildman–Crippen MR) is 252 cm³/mol. The molecule has 10 atom stereocenters. The maximum absolute atomic E-state index is 13.7. The quantitative estimate of drug-likeness (QED) is 0.0424. The molecule has 2 aliphatic heterocycles. The van der Waals surface area contributed by atoms with Gasteiger partial charge in [-0.05, 0) is 33.4 Å². The van der Waals surface area contributed by atoms with Gasteiger partial charge in [-0.2, -0.15) is 0 Å². The van der Waals surface area contributed by atoms with Gasteiger partial charge >= 0.3 is 0 Å². The van der Waals surface area contributed by atoms with Crippen molar-refractivity contribution in [2.75, 3.05) is 20.3 Å². The predicted octanol–water partition coefficient (Wildman–Crippen LogP) is 8.89. The van der Waals surface area contributed by atoms with Crippen LogP contribution in [0.4, 0.5) is 0 Å². The van der Waals surface area contributed by atoms with E-state index in [1.807, 2.05) is 182 Å². The van der Waals surface area contributed by atoms with Crippen molar-refractivity contribution in [3.8, 4) is 0 Å². The number of nitro groups is 1. The second-order valence-electron chi connectivity index (χ2n) is 16.7. The normalized spacial score (nSPS) is 24.9. The molecule has 0 unspecified atom stereocenters. The Morgan fingerprint density at radius 1 is 0.412 bits per heavy atom. The topological polar surface area (TPSA) is 135 Å². The van der Waals surface area contributed by atoms with Crippen molar-refractivity contribution < 1.29 is 52.3 Å². The molecule has 0 radical (unpaired) electrons. The molecule has 6 aromatic carbocycles. The standard InChI is InChI=1S/C55H59NO12/c1-59-55-53(65-37-45-30-18-7-19-31-45)52(64-36-44-28-16-6-17-29-44)50(47(67-55)39-61-33-41-22-10-3-11-23-41)68-54-48(56(57)58)51(63-35-43-26-14-5-15-27-43)49(62-34-42-24-12-4-13-25-42)46(66-54)38-60-32-40-20-8-2-9-21-40/h2-31,46-55H,32-39H2,1H3/t46-,47-,48-,49+,50-,51-,52+,53-,54-,55+/m1/s1. The van der Waals surface area contributed by atoms with Crippen LogP contribution in [0.3, 0.4) is 0 Å². The SMILES string of the molecule is CO[C@H]1O[C@H](COCc2ccccc2)[C@@H](O[C@H]2O[C@H](COCc3ccccc3)[C@H](OCc3ccccc3)[C@H](OCc3ccccc3)[C@H]2[N+](=O)[O-])[C@H](OCc2ccccc2)[C@H]1OCc1ccccc1. The van der Waals surface area contributed by atoms with Crippen molar-refractivity contribution in [2.24, 2.45) is 0 Å². The first-order chi connectivity index (χ1) is 33.5. The number of methoxy groups -OCH3 is 1. The van der Waals surface area contributed by atoms with Crippen molar-refractivity contribution in [3.63, 3.8) is 0 Å². The van der Waals surface area contributed by atoms with Gasteiger partial charge in [0, 0.05) is 12.0 Å². The summed E-state index contributed by atoms with van der Waals surface area (Å²) >= 11 is 0. The molecule has 0 bridgehead atoms. The molecule has 2 aliphatic rings.